The van der Waals surface area contributed by atoms with Gasteiger partial charge in [-0.25, -0.2) is 0 Å². The van der Waals surface area contributed by atoms with Crippen molar-refractivity contribution in [3.8, 4) is 0 Å². The van der Waals surface area contributed by atoms with Gasteiger partial charge in [0.25, 0.3) is 0 Å². The summed E-state index contributed by atoms with van der Waals surface area (Å²) in [6.45, 7) is 1.98. The van der Waals surface area contributed by atoms with E-state index in [0.717, 1.165) is 12.8 Å². The number of aliphatic carboxylic acids is 1. The van der Waals surface area contributed by atoms with E-state index >= 15 is 0 Å². The molecule has 0 bridgehead atoms. The van der Waals surface area contributed by atoms with E-state index in [2.05, 4.69) is 36.4 Å². The van der Waals surface area contributed by atoms with Crippen LogP contribution in [0.1, 0.15) is 37.3 Å². The van der Waals surface area contributed by atoms with Crippen LogP contribution in [0.5, 0.6) is 0 Å². The van der Waals surface area contributed by atoms with E-state index in [4.69, 9.17) is 5.11 Å². The second-order valence-corrected chi connectivity index (χ2v) is 4.65. The van der Waals surface area contributed by atoms with Gasteiger partial charge in [-0.05, 0) is 17.5 Å². The van der Waals surface area contributed by atoms with Gasteiger partial charge in [0, 0.05) is 6.42 Å². The van der Waals surface area contributed by atoms with Crippen molar-refractivity contribution < 1.29 is 9.90 Å². The van der Waals surface area contributed by atoms with Crippen molar-refractivity contribution in [2.75, 3.05) is 0 Å². The largest absolute Gasteiger partial charge is 0.481 e. The summed E-state index contributed by atoms with van der Waals surface area (Å²) in [4.78, 5) is 9.76. The molecule has 0 aliphatic rings. The number of benzene rings is 2. The number of rotatable bonds is 5. The number of carboxylic acids is 1. The Bertz CT molecular complexity index is 489. The topological polar surface area (TPSA) is 37.3 Å². The first kappa shape index (κ1) is 16.7. The molecular formula is C19H22O2. The monoisotopic (exact) mass is 282 g/mol. The molecule has 0 atom stereocenters. The third-order valence-electron chi connectivity index (χ3n) is 2.81. The van der Waals surface area contributed by atoms with Crippen molar-refractivity contribution in [2.45, 2.75) is 26.2 Å². The minimum atomic E-state index is -0.693. The Morgan fingerprint density at radius 3 is 1.62 bits per heavy atom. The number of hydrogen-bond acceptors (Lipinski definition) is 1. The van der Waals surface area contributed by atoms with Crippen LogP contribution in [0, 0.1) is 0 Å². The van der Waals surface area contributed by atoms with Crippen LogP contribution in [0.25, 0.3) is 12.2 Å². The van der Waals surface area contributed by atoms with E-state index in [9.17, 15) is 4.79 Å². The molecule has 2 aromatic carbocycles. The Morgan fingerprint density at radius 2 is 1.33 bits per heavy atom. The summed E-state index contributed by atoms with van der Waals surface area (Å²) in [5.41, 5.74) is 2.47. The van der Waals surface area contributed by atoms with Crippen LogP contribution in [-0.4, -0.2) is 11.1 Å². The molecule has 0 amide bonds. The highest BCUT2D eigenvalue weighted by molar-refractivity contribution is 5.69. The molecule has 0 saturated carbocycles. The summed E-state index contributed by atoms with van der Waals surface area (Å²) in [6.07, 6.45) is 6.32. The summed E-state index contributed by atoms with van der Waals surface area (Å²) in [7, 11) is 0. The summed E-state index contributed by atoms with van der Waals surface area (Å²) in [6, 6.07) is 20.6. The SMILES string of the molecule is C(=Cc1ccccc1)c1ccccc1.CCCCC(=O)O. The van der Waals surface area contributed by atoms with Crippen LogP contribution in [0.2, 0.25) is 0 Å². The van der Waals surface area contributed by atoms with Gasteiger partial charge in [0.15, 0.2) is 0 Å². The molecule has 2 heteroatoms. The normalized spacial score (nSPS) is 9.95. The molecule has 0 aromatic heterocycles. The van der Waals surface area contributed by atoms with Crippen LogP contribution in [-0.2, 0) is 4.79 Å². The maximum absolute atomic E-state index is 9.76. The van der Waals surface area contributed by atoms with Crippen molar-refractivity contribution in [1.29, 1.82) is 0 Å². The second-order valence-electron chi connectivity index (χ2n) is 4.65. The molecule has 21 heavy (non-hydrogen) atoms. The molecule has 110 valence electrons. The van der Waals surface area contributed by atoms with Crippen molar-refractivity contribution in [1.82, 2.24) is 0 Å². The first-order valence-corrected chi connectivity index (χ1v) is 7.22. The molecule has 0 spiro atoms. The zero-order valence-corrected chi connectivity index (χ0v) is 12.4. The Balaban J connectivity index is 0.000000270. The highest BCUT2D eigenvalue weighted by Crippen LogP contribution is 2.06. The van der Waals surface area contributed by atoms with Gasteiger partial charge < -0.3 is 5.11 Å². The number of unbranched alkanes of at least 4 members (excludes halogenated alkanes) is 1. The van der Waals surface area contributed by atoms with Gasteiger partial charge in [-0.1, -0.05) is 86.2 Å². The first-order valence-electron chi connectivity index (χ1n) is 7.22. The lowest BCUT2D eigenvalue weighted by molar-refractivity contribution is -0.137. The molecule has 2 nitrogen and oxygen atoms in total. The maximum atomic E-state index is 9.76. The van der Waals surface area contributed by atoms with Gasteiger partial charge in [-0.3, -0.25) is 4.79 Å². The van der Waals surface area contributed by atoms with Gasteiger partial charge in [-0.15, -0.1) is 0 Å². The predicted octanol–water partition coefficient (Wildman–Crippen LogP) is 5.12. The van der Waals surface area contributed by atoms with Gasteiger partial charge in [0.1, 0.15) is 0 Å². The Morgan fingerprint density at radius 1 is 0.905 bits per heavy atom. The van der Waals surface area contributed by atoms with Crippen molar-refractivity contribution >= 4 is 18.1 Å². The fourth-order valence-corrected chi connectivity index (χ4v) is 1.65. The molecule has 0 aliphatic carbocycles. The highest BCUT2D eigenvalue weighted by atomic mass is 16.4. The van der Waals surface area contributed by atoms with E-state index in [1.54, 1.807) is 0 Å². The average molecular weight is 282 g/mol. The smallest absolute Gasteiger partial charge is 0.303 e. The van der Waals surface area contributed by atoms with E-state index < -0.39 is 5.97 Å². The van der Waals surface area contributed by atoms with Crippen LogP contribution >= 0.6 is 0 Å². The molecule has 0 fully saturated rings. The Hall–Kier alpha value is -2.35. The fourth-order valence-electron chi connectivity index (χ4n) is 1.65. The van der Waals surface area contributed by atoms with Crippen LogP contribution < -0.4 is 0 Å². The number of hydrogen-bond donors (Lipinski definition) is 1. The minimum Gasteiger partial charge on any atom is -0.481 e. The lowest BCUT2D eigenvalue weighted by atomic mass is 10.1. The molecule has 1 N–H and O–H groups in total. The third kappa shape index (κ3) is 8.43. The van der Waals surface area contributed by atoms with Gasteiger partial charge in [0.05, 0.1) is 0 Å². The molecule has 0 saturated heterocycles. The first-order chi connectivity index (χ1) is 10.2. The van der Waals surface area contributed by atoms with E-state index in [-0.39, 0.29) is 0 Å². The van der Waals surface area contributed by atoms with Crippen LogP contribution in [0.15, 0.2) is 60.7 Å². The van der Waals surface area contributed by atoms with Crippen molar-refractivity contribution in [2.24, 2.45) is 0 Å². The van der Waals surface area contributed by atoms with Gasteiger partial charge in [0.2, 0.25) is 0 Å². The molecule has 2 aromatic rings. The highest BCUT2D eigenvalue weighted by Gasteiger charge is 1.90. The molecular weight excluding hydrogens is 260 g/mol. The fraction of sp³-hybridized carbons (Fsp3) is 0.211. The zero-order valence-electron chi connectivity index (χ0n) is 12.4. The lowest BCUT2D eigenvalue weighted by Crippen LogP contribution is -1.91. The molecule has 0 radical (unpaired) electrons. The van der Waals surface area contributed by atoms with Crippen molar-refractivity contribution in [3.05, 3.63) is 71.8 Å². The summed E-state index contributed by atoms with van der Waals surface area (Å²) in [5, 5.41) is 8.04. The lowest BCUT2D eigenvalue weighted by Gasteiger charge is -1.92. The van der Waals surface area contributed by atoms with Gasteiger partial charge >= 0.3 is 5.97 Å². The minimum absolute atomic E-state index is 0.316. The zero-order chi connectivity index (χ0) is 15.3. The van der Waals surface area contributed by atoms with E-state index in [1.807, 2.05) is 43.3 Å². The Kier molecular flexibility index (Phi) is 8.30. The number of carbonyl (C=O) groups is 1. The third-order valence-corrected chi connectivity index (χ3v) is 2.81. The molecule has 0 unspecified atom stereocenters. The van der Waals surface area contributed by atoms with Crippen LogP contribution in [0.4, 0.5) is 0 Å². The maximum Gasteiger partial charge on any atom is 0.303 e. The van der Waals surface area contributed by atoms with E-state index in [0.29, 0.717) is 6.42 Å². The molecule has 2 rings (SSSR count). The standard InChI is InChI=1S/C14H12.C5H10O2/c1-3-7-13(8-4-1)11-12-14-9-5-2-6-10-14;1-2-3-4-5(6)7/h1-12H;2-4H2,1H3,(H,6,7). The van der Waals surface area contributed by atoms with E-state index in [1.165, 1.54) is 11.1 Å². The summed E-state index contributed by atoms with van der Waals surface area (Å²) < 4.78 is 0. The predicted molar refractivity (Wildman–Crippen MR) is 89.0 cm³/mol. The Labute approximate surface area is 126 Å². The van der Waals surface area contributed by atoms with Crippen LogP contribution in [0.3, 0.4) is 0 Å². The molecule has 0 aliphatic heterocycles. The molecule has 0 heterocycles. The average Bonchev–Trinajstić information content (AvgIpc) is 2.53. The summed E-state index contributed by atoms with van der Waals surface area (Å²) in [5.74, 6) is -0.693. The quantitative estimate of drug-likeness (QED) is 0.773. The van der Waals surface area contributed by atoms with Crippen molar-refractivity contribution in [3.63, 3.8) is 0 Å². The van der Waals surface area contributed by atoms with Gasteiger partial charge in [-0.2, -0.15) is 0 Å². The summed E-state index contributed by atoms with van der Waals surface area (Å²) >= 11 is 0. The second kappa shape index (κ2) is 10.4. The number of carboxylic acid groups (broad SMARTS) is 1.